The van der Waals surface area contributed by atoms with Gasteiger partial charge in [0.2, 0.25) is 5.91 Å². The van der Waals surface area contributed by atoms with E-state index in [2.05, 4.69) is 0 Å². The molecule has 1 saturated carbocycles. The molecule has 0 saturated heterocycles. The van der Waals surface area contributed by atoms with E-state index in [1.54, 1.807) is 0 Å². The van der Waals surface area contributed by atoms with Crippen LogP contribution in [0.3, 0.4) is 0 Å². The number of nitrogens with zero attached hydrogens (tertiary/aromatic N) is 1. The smallest absolute Gasteiger partial charge is 0.222 e. The van der Waals surface area contributed by atoms with Crippen LogP contribution in [0.25, 0.3) is 0 Å². The van der Waals surface area contributed by atoms with E-state index >= 15 is 0 Å². The van der Waals surface area contributed by atoms with Gasteiger partial charge in [-0.15, -0.1) is 0 Å². The Morgan fingerprint density at radius 1 is 1.47 bits per heavy atom. The van der Waals surface area contributed by atoms with Crippen molar-refractivity contribution in [2.24, 2.45) is 5.73 Å². The summed E-state index contributed by atoms with van der Waals surface area (Å²) < 4.78 is 0. The van der Waals surface area contributed by atoms with Gasteiger partial charge in [-0.2, -0.15) is 0 Å². The molecule has 0 spiro atoms. The van der Waals surface area contributed by atoms with Crippen LogP contribution in [0.4, 0.5) is 0 Å². The van der Waals surface area contributed by atoms with Crippen molar-refractivity contribution in [1.82, 2.24) is 4.90 Å². The van der Waals surface area contributed by atoms with Crippen LogP contribution in [0.5, 0.6) is 0 Å². The largest absolute Gasteiger partial charge is 0.396 e. The molecule has 0 aliphatic heterocycles. The van der Waals surface area contributed by atoms with Crippen LogP contribution in [0, 0.1) is 0 Å². The summed E-state index contributed by atoms with van der Waals surface area (Å²) in [6.07, 6.45) is 5.36. The molecule has 17 heavy (non-hydrogen) atoms. The van der Waals surface area contributed by atoms with Crippen LogP contribution in [0.2, 0.25) is 0 Å². The molecule has 1 rings (SSSR count). The number of nitrogens with two attached hydrogens (primary N) is 1. The first-order valence-corrected chi connectivity index (χ1v) is 6.63. The minimum Gasteiger partial charge on any atom is -0.396 e. The summed E-state index contributed by atoms with van der Waals surface area (Å²) in [5.41, 5.74) is 5.62. The fourth-order valence-electron chi connectivity index (χ4n) is 2.02. The number of hydrogen-bond donors (Lipinski definition) is 2. The van der Waals surface area contributed by atoms with E-state index in [0.717, 1.165) is 12.8 Å². The summed E-state index contributed by atoms with van der Waals surface area (Å²) >= 11 is 0. The lowest BCUT2D eigenvalue weighted by atomic mass is 9.90. The predicted molar refractivity (Wildman–Crippen MR) is 68.6 cm³/mol. The average molecular weight is 242 g/mol. The van der Waals surface area contributed by atoms with Crippen LogP contribution < -0.4 is 5.73 Å². The molecule has 0 aromatic carbocycles. The molecule has 0 aromatic heterocycles. The van der Waals surface area contributed by atoms with Gasteiger partial charge in [-0.05, 0) is 46.0 Å². The van der Waals surface area contributed by atoms with E-state index < -0.39 is 0 Å². The predicted octanol–water partition coefficient (Wildman–Crippen LogP) is 1.27. The molecule has 100 valence electrons. The van der Waals surface area contributed by atoms with Gasteiger partial charge in [0.25, 0.3) is 0 Å². The summed E-state index contributed by atoms with van der Waals surface area (Å²) in [5, 5.41) is 8.87. The molecule has 0 atom stereocenters. The highest BCUT2D eigenvalue weighted by Crippen LogP contribution is 2.26. The van der Waals surface area contributed by atoms with Crippen LogP contribution in [-0.4, -0.2) is 40.6 Å². The fraction of sp³-hybridized carbons (Fsp3) is 0.923. The number of amides is 1. The maximum absolute atomic E-state index is 12.1. The van der Waals surface area contributed by atoms with Crippen LogP contribution in [0.1, 0.15) is 52.4 Å². The maximum atomic E-state index is 12.1. The van der Waals surface area contributed by atoms with Gasteiger partial charge >= 0.3 is 0 Å². The SMILES string of the molecule is CC(C)(N)CCC(=O)N(CCCO)C1CCC1. The van der Waals surface area contributed by atoms with Crippen molar-refractivity contribution >= 4 is 5.91 Å². The zero-order chi connectivity index (χ0) is 12.9. The lowest BCUT2D eigenvalue weighted by molar-refractivity contribution is -0.135. The Kier molecular flexibility index (Phi) is 5.40. The molecule has 1 aliphatic rings. The molecule has 0 unspecified atom stereocenters. The van der Waals surface area contributed by atoms with Gasteiger partial charge < -0.3 is 15.7 Å². The quantitative estimate of drug-likeness (QED) is 0.706. The Morgan fingerprint density at radius 2 is 2.12 bits per heavy atom. The molecule has 0 aromatic rings. The van der Waals surface area contributed by atoms with E-state index in [4.69, 9.17) is 10.8 Å². The Balaban J connectivity index is 2.41. The Hall–Kier alpha value is -0.610. The summed E-state index contributed by atoms with van der Waals surface area (Å²) in [6.45, 7) is 4.73. The van der Waals surface area contributed by atoms with Crippen LogP contribution in [-0.2, 0) is 4.79 Å². The van der Waals surface area contributed by atoms with Crippen LogP contribution >= 0.6 is 0 Å². The monoisotopic (exact) mass is 242 g/mol. The van der Waals surface area contributed by atoms with Crippen LogP contribution in [0.15, 0.2) is 0 Å². The number of rotatable bonds is 7. The van der Waals surface area contributed by atoms with Crippen molar-refractivity contribution in [1.29, 1.82) is 0 Å². The van der Waals surface area contributed by atoms with E-state index in [-0.39, 0.29) is 18.1 Å². The van der Waals surface area contributed by atoms with E-state index in [1.807, 2.05) is 18.7 Å². The molecule has 0 heterocycles. The summed E-state index contributed by atoms with van der Waals surface area (Å²) in [4.78, 5) is 14.1. The Morgan fingerprint density at radius 3 is 2.53 bits per heavy atom. The van der Waals surface area contributed by atoms with Gasteiger partial charge in [0.05, 0.1) is 0 Å². The molecule has 3 N–H and O–H groups in total. The third kappa shape index (κ3) is 5.04. The van der Waals surface area contributed by atoms with E-state index in [1.165, 1.54) is 6.42 Å². The van der Waals surface area contributed by atoms with Gasteiger partial charge in [0.15, 0.2) is 0 Å². The molecular formula is C13H26N2O2. The Bertz CT molecular complexity index is 244. The highest BCUT2D eigenvalue weighted by molar-refractivity contribution is 5.76. The number of aliphatic hydroxyl groups excluding tert-OH is 1. The average Bonchev–Trinajstić information content (AvgIpc) is 2.16. The van der Waals surface area contributed by atoms with Crippen molar-refractivity contribution in [2.45, 2.75) is 64.0 Å². The van der Waals surface area contributed by atoms with E-state index in [0.29, 0.717) is 31.8 Å². The first-order valence-electron chi connectivity index (χ1n) is 6.63. The minimum atomic E-state index is -0.280. The first-order chi connectivity index (χ1) is 7.94. The molecular weight excluding hydrogens is 216 g/mol. The molecule has 1 fully saturated rings. The normalized spacial score (nSPS) is 16.7. The number of carbonyl (C=O) groups excluding carboxylic acids is 1. The third-order valence-corrected chi connectivity index (χ3v) is 3.38. The van der Waals surface area contributed by atoms with Gasteiger partial charge in [0.1, 0.15) is 0 Å². The molecule has 4 heteroatoms. The van der Waals surface area contributed by atoms with Crippen molar-refractivity contribution in [3.05, 3.63) is 0 Å². The van der Waals surface area contributed by atoms with Gasteiger partial charge in [0, 0.05) is 31.2 Å². The second-order valence-electron chi connectivity index (χ2n) is 5.74. The zero-order valence-electron chi connectivity index (χ0n) is 11.1. The molecule has 1 amide bonds. The maximum Gasteiger partial charge on any atom is 0.222 e. The van der Waals surface area contributed by atoms with Gasteiger partial charge in [-0.1, -0.05) is 0 Å². The van der Waals surface area contributed by atoms with Crippen molar-refractivity contribution in [3.63, 3.8) is 0 Å². The molecule has 4 nitrogen and oxygen atoms in total. The van der Waals surface area contributed by atoms with Crippen molar-refractivity contribution in [2.75, 3.05) is 13.2 Å². The summed E-state index contributed by atoms with van der Waals surface area (Å²) in [7, 11) is 0. The van der Waals surface area contributed by atoms with Gasteiger partial charge in [-0.3, -0.25) is 4.79 Å². The number of aliphatic hydroxyl groups is 1. The summed E-state index contributed by atoms with van der Waals surface area (Å²) in [5.74, 6) is 0.196. The second-order valence-corrected chi connectivity index (χ2v) is 5.74. The highest BCUT2D eigenvalue weighted by atomic mass is 16.3. The fourth-order valence-corrected chi connectivity index (χ4v) is 2.02. The van der Waals surface area contributed by atoms with Crippen molar-refractivity contribution in [3.8, 4) is 0 Å². The summed E-state index contributed by atoms with van der Waals surface area (Å²) in [6, 6.07) is 0.412. The number of hydrogen-bond acceptors (Lipinski definition) is 3. The molecule has 0 bridgehead atoms. The zero-order valence-corrected chi connectivity index (χ0v) is 11.1. The van der Waals surface area contributed by atoms with E-state index in [9.17, 15) is 4.79 Å². The molecule has 0 radical (unpaired) electrons. The second kappa shape index (κ2) is 6.36. The number of carbonyl (C=O) groups is 1. The standard InChI is InChI=1S/C13H26N2O2/c1-13(2,14)8-7-12(17)15(9-4-10-16)11-5-3-6-11/h11,16H,3-10,14H2,1-2H3. The lowest BCUT2D eigenvalue weighted by Gasteiger charge is -2.38. The topological polar surface area (TPSA) is 66.6 Å². The van der Waals surface area contributed by atoms with Gasteiger partial charge in [-0.25, -0.2) is 0 Å². The molecule has 1 aliphatic carbocycles. The lowest BCUT2D eigenvalue weighted by Crippen LogP contribution is -2.45. The van der Waals surface area contributed by atoms with Crippen molar-refractivity contribution < 1.29 is 9.90 Å². The Labute approximate surface area is 104 Å². The first kappa shape index (κ1) is 14.5. The highest BCUT2D eigenvalue weighted by Gasteiger charge is 2.28. The minimum absolute atomic E-state index is 0.152. The third-order valence-electron chi connectivity index (χ3n) is 3.38.